The minimum Gasteiger partial charge on any atom is -0.493 e. The van der Waals surface area contributed by atoms with E-state index in [1.54, 1.807) is 50.6 Å². The summed E-state index contributed by atoms with van der Waals surface area (Å²) in [5.74, 6) is 1.48. The lowest BCUT2D eigenvalue weighted by atomic mass is 10.1. The molecule has 0 spiro atoms. The van der Waals surface area contributed by atoms with Gasteiger partial charge in [0, 0.05) is 12.1 Å². The van der Waals surface area contributed by atoms with E-state index in [4.69, 9.17) is 53.8 Å². The Morgan fingerprint density at radius 2 is 1.53 bits per heavy atom. The van der Waals surface area contributed by atoms with Crippen LogP contribution in [0.25, 0.3) is 0 Å². The molecule has 3 rings (SSSR count). The molecule has 38 heavy (non-hydrogen) atoms. The summed E-state index contributed by atoms with van der Waals surface area (Å²) in [5.41, 5.74) is 2.32. The van der Waals surface area contributed by atoms with Crippen LogP contribution in [-0.2, 0) is 17.8 Å². The van der Waals surface area contributed by atoms with Crippen LogP contribution in [0.15, 0.2) is 72.8 Å². The Hall–Kier alpha value is -3.13. The molecule has 7 nitrogen and oxygen atoms in total. The third-order valence-corrected chi connectivity index (χ3v) is 5.82. The molecule has 10 heteroatoms. The first kappa shape index (κ1) is 29.4. The predicted molar refractivity (Wildman–Crippen MR) is 148 cm³/mol. The van der Waals surface area contributed by atoms with Crippen LogP contribution in [0.5, 0.6) is 17.2 Å². The topological polar surface area (TPSA) is 74.3 Å². The number of carbonyl (C=O) groups is 2. The van der Waals surface area contributed by atoms with Gasteiger partial charge in [-0.05, 0) is 53.9 Å². The first-order chi connectivity index (χ1) is 18.2. The second-order valence-corrected chi connectivity index (χ2v) is 10.8. The van der Waals surface area contributed by atoms with Crippen molar-refractivity contribution in [3.05, 3.63) is 89.5 Å². The molecule has 1 amide bonds. The van der Waals surface area contributed by atoms with Gasteiger partial charge in [-0.3, -0.25) is 4.79 Å². The van der Waals surface area contributed by atoms with Crippen molar-refractivity contribution < 1.29 is 28.5 Å². The number of amides is 1. The molecular weight excluding hydrogens is 553 g/mol. The molecule has 0 unspecified atom stereocenters. The number of halogens is 3. The van der Waals surface area contributed by atoms with Gasteiger partial charge < -0.3 is 23.8 Å². The molecule has 0 radical (unpaired) electrons. The van der Waals surface area contributed by atoms with Crippen molar-refractivity contribution in [1.82, 2.24) is 4.90 Å². The third-order valence-electron chi connectivity index (χ3n) is 5.49. The lowest BCUT2D eigenvalue weighted by Crippen LogP contribution is -2.38. The highest BCUT2D eigenvalue weighted by Gasteiger charge is 2.26. The maximum Gasteiger partial charge on any atom is 0.410 e. The molecule has 0 fully saturated rings. The fourth-order valence-corrected chi connectivity index (χ4v) is 3.68. The molecule has 3 aromatic carbocycles. The number of methoxy groups -OCH3 is 2. The second-order valence-electron chi connectivity index (χ2n) is 8.25. The molecule has 0 aliphatic heterocycles. The SMILES string of the molecule is COc1ccc(CCN(CC(=O)c2ccc(OCc3ccccc3)cc2)C(=O)OCC(Cl)(Cl)Cl)cc1OC. The number of Topliss-reactive ketones (excluding diaryl/α,β-unsaturated/α-hetero) is 1. The zero-order valence-electron chi connectivity index (χ0n) is 21.0. The Bertz CT molecular complexity index is 1200. The van der Waals surface area contributed by atoms with Gasteiger partial charge in [0.15, 0.2) is 17.3 Å². The number of hydrogen-bond acceptors (Lipinski definition) is 6. The smallest absolute Gasteiger partial charge is 0.410 e. The highest BCUT2D eigenvalue weighted by atomic mass is 35.6. The fourth-order valence-electron chi connectivity index (χ4n) is 3.51. The molecule has 0 aromatic heterocycles. The van der Waals surface area contributed by atoms with Gasteiger partial charge >= 0.3 is 6.09 Å². The standard InChI is InChI=1S/C28H28Cl3NO6/c1-35-25-13-8-20(16-26(25)36-2)14-15-32(27(34)38-19-28(29,30)31)17-24(33)22-9-11-23(12-10-22)37-18-21-6-4-3-5-7-21/h3-13,16H,14-15,17-19H2,1-2H3. The Morgan fingerprint density at radius 1 is 0.842 bits per heavy atom. The van der Waals surface area contributed by atoms with Crippen molar-refractivity contribution >= 4 is 46.7 Å². The van der Waals surface area contributed by atoms with Crippen LogP contribution in [0.2, 0.25) is 0 Å². The molecule has 0 aliphatic carbocycles. The second kappa shape index (κ2) is 14.1. The first-order valence-corrected chi connectivity index (χ1v) is 12.8. The summed E-state index contributed by atoms with van der Waals surface area (Å²) < 4.78 is 19.8. The molecule has 0 aliphatic rings. The first-order valence-electron chi connectivity index (χ1n) is 11.7. The summed E-state index contributed by atoms with van der Waals surface area (Å²) >= 11 is 17.2. The number of nitrogens with zero attached hydrogens (tertiary/aromatic N) is 1. The molecule has 3 aromatic rings. The lowest BCUT2D eigenvalue weighted by molar-refractivity contribution is 0.0834. The summed E-state index contributed by atoms with van der Waals surface area (Å²) in [6.07, 6.45) is -0.351. The summed E-state index contributed by atoms with van der Waals surface area (Å²) in [7, 11) is 3.09. The average Bonchev–Trinajstić information content (AvgIpc) is 2.92. The van der Waals surface area contributed by atoms with Crippen LogP contribution in [0, 0.1) is 0 Å². The molecule has 0 N–H and O–H groups in total. The Morgan fingerprint density at radius 3 is 2.16 bits per heavy atom. The Kier molecular flexibility index (Phi) is 11.0. The number of ketones is 1. The average molecular weight is 581 g/mol. The summed E-state index contributed by atoms with van der Waals surface area (Å²) in [6.45, 7) is -0.0908. The quantitative estimate of drug-likeness (QED) is 0.179. The van der Waals surface area contributed by atoms with Crippen LogP contribution >= 0.6 is 34.8 Å². The van der Waals surface area contributed by atoms with E-state index in [-0.39, 0.29) is 18.9 Å². The van der Waals surface area contributed by atoms with Crippen molar-refractivity contribution in [2.45, 2.75) is 16.8 Å². The van der Waals surface area contributed by atoms with Crippen molar-refractivity contribution in [3.63, 3.8) is 0 Å². The van der Waals surface area contributed by atoms with E-state index in [2.05, 4.69) is 0 Å². The summed E-state index contributed by atoms with van der Waals surface area (Å²) in [4.78, 5) is 27.1. The maximum absolute atomic E-state index is 13.0. The van der Waals surface area contributed by atoms with Crippen molar-refractivity contribution in [3.8, 4) is 17.2 Å². The van der Waals surface area contributed by atoms with Crippen LogP contribution in [0.1, 0.15) is 21.5 Å². The van der Waals surface area contributed by atoms with Gasteiger partial charge in [0.1, 0.15) is 19.0 Å². The third kappa shape index (κ3) is 9.31. The van der Waals surface area contributed by atoms with Crippen molar-refractivity contribution in [1.29, 1.82) is 0 Å². The number of alkyl halides is 3. The molecule has 0 heterocycles. The molecule has 0 saturated heterocycles. The molecule has 0 bridgehead atoms. The highest BCUT2D eigenvalue weighted by molar-refractivity contribution is 6.67. The van der Waals surface area contributed by atoms with Gasteiger partial charge in [0.05, 0.1) is 20.8 Å². The van der Waals surface area contributed by atoms with Gasteiger partial charge in [-0.25, -0.2) is 4.79 Å². The van der Waals surface area contributed by atoms with Crippen LogP contribution in [-0.4, -0.2) is 54.5 Å². The number of rotatable bonds is 12. The number of hydrogen-bond donors (Lipinski definition) is 0. The maximum atomic E-state index is 13.0. The van der Waals surface area contributed by atoms with Gasteiger partial charge in [-0.15, -0.1) is 0 Å². The molecule has 202 valence electrons. The van der Waals surface area contributed by atoms with E-state index in [9.17, 15) is 9.59 Å². The Balaban J connectivity index is 1.66. The zero-order valence-corrected chi connectivity index (χ0v) is 23.3. The number of benzene rings is 3. The predicted octanol–water partition coefficient (Wildman–Crippen LogP) is 6.52. The Labute approximate surface area is 237 Å². The normalized spacial score (nSPS) is 11.0. The van der Waals surface area contributed by atoms with Gasteiger partial charge in [0.2, 0.25) is 3.79 Å². The molecule has 0 atom stereocenters. The molecule has 0 saturated carbocycles. The van der Waals surface area contributed by atoms with Crippen LogP contribution < -0.4 is 14.2 Å². The van der Waals surface area contributed by atoms with E-state index >= 15 is 0 Å². The van der Waals surface area contributed by atoms with E-state index in [1.165, 1.54) is 4.90 Å². The minimum absolute atomic E-state index is 0.179. The van der Waals surface area contributed by atoms with E-state index < -0.39 is 16.5 Å². The monoisotopic (exact) mass is 579 g/mol. The van der Waals surface area contributed by atoms with E-state index in [0.29, 0.717) is 35.8 Å². The lowest BCUT2D eigenvalue weighted by Gasteiger charge is -2.23. The minimum atomic E-state index is -1.77. The van der Waals surface area contributed by atoms with Gasteiger partial charge in [0.25, 0.3) is 0 Å². The fraction of sp³-hybridized carbons (Fsp3) is 0.286. The van der Waals surface area contributed by atoms with Crippen LogP contribution in [0.4, 0.5) is 4.79 Å². The summed E-state index contributed by atoms with van der Waals surface area (Å²) in [5, 5.41) is 0. The van der Waals surface area contributed by atoms with Crippen molar-refractivity contribution in [2.75, 3.05) is 33.9 Å². The van der Waals surface area contributed by atoms with E-state index in [0.717, 1.165) is 11.1 Å². The van der Waals surface area contributed by atoms with Gasteiger partial charge in [-0.2, -0.15) is 0 Å². The number of ether oxygens (including phenoxy) is 4. The van der Waals surface area contributed by atoms with Gasteiger partial charge in [-0.1, -0.05) is 71.2 Å². The summed E-state index contributed by atoms with van der Waals surface area (Å²) in [6, 6.07) is 21.9. The van der Waals surface area contributed by atoms with E-state index in [1.807, 2.05) is 36.4 Å². The zero-order chi connectivity index (χ0) is 27.5. The molecular formula is C28H28Cl3NO6. The highest BCUT2D eigenvalue weighted by Crippen LogP contribution is 2.28. The number of carbonyl (C=O) groups excluding carboxylic acids is 2. The van der Waals surface area contributed by atoms with Crippen molar-refractivity contribution in [2.24, 2.45) is 0 Å². The largest absolute Gasteiger partial charge is 0.493 e. The van der Waals surface area contributed by atoms with Crippen LogP contribution in [0.3, 0.4) is 0 Å².